The van der Waals surface area contributed by atoms with Gasteiger partial charge in [0, 0.05) is 10.3 Å². The van der Waals surface area contributed by atoms with Gasteiger partial charge in [-0.25, -0.2) is 4.98 Å². The number of nitrogens with zero attached hydrogens (tertiary/aromatic N) is 2. The molecule has 0 fully saturated rings. The Hall–Kier alpha value is -1.64. The molecule has 3 nitrogen and oxygen atoms in total. The summed E-state index contributed by atoms with van der Waals surface area (Å²) in [4.78, 5) is 7.79. The van der Waals surface area contributed by atoms with E-state index in [0.717, 1.165) is 0 Å². The minimum atomic E-state index is -2.21. The van der Waals surface area contributed by atoms with Crippen molar-refractivity contribution in [3.63, 3.8) is 0 Å². The van der Waals surface area contributed by atoms with Crippen LogP contribution in [0.2, 0.25) is 0 Å². The predicted octanol–water partition coefficient (Wildman–Crippen LogP) is 2.05. The minimum absolute atomic E-state index is 0.0159. The molecule has 2 rings (SSSR count). The van der Waals surface area contributed by atoms with Gasteiger partial charge in [-0.1, -0.05) is 0 Å². The van der Waals surface area contributed by atoms with E-state index in [0.29, 0.717) is 11.5 Å². The molecule has 0 atom stereocenters. The molecule has 0 spiro atoms. The molecule has 0 saturated heterocycles. The molecular weight excluding hydrogens is 152 g/mol. The van der Waals surface area contributed by atoms with Gasteiger partial charge in [0.25, 0.3) is 0 Å². The van der Waals surface area contributed by atoms with E-state index in [2.05, 4.69) is 9.97 Å². The number of aromatic nitrogens is 2. The van der Waals surface area contributed by atoms with E-state index < -0.39 is 6.85 Å². The van der Waals surface area contributed by atoms with Crippen LogP contribution in [0.1, 0.15) is 9.81 Å². The average molecular weight is 163 g/mol. The largest absolute Gasteiger partial charge is 0.463 e. The van der Waals surface area contributed by atoms with Crippen molar-refractivity contribution < 1.29 is 8.53 Å². The Morgan fingerprint density at radius 3 is 3.00 bits per heavy atom. The number of furan rings is 1. The van der Waals surface area contributed by atoms with E-state index in [1.54, 1.807) is 12.1 Å². The summed E-state index contributed by atoms with van der Waals surface area (Å²) in [6.07, 6.45) is 4.15. The van der Waals surface area contributed by atoms with Gasteiger partial charge >= 0.3 is 0 Å². The lowest BCUT2D eigenvalue weighted by molar-refractivity contribution is 0.579. The third-order valence-corrected chi connectivity index (χ3v) is 1.43. The summed E-state index contributed by atoms with van der Waals surface area (Å²) in [6.45, 7) is -2.21. The molecule has 0 radical (unpaired) electrons. The molecule has 0 saturated carbocycles. The Kier molecular flexibility index (Phi) is 1.02. The standard InChI is InChI=1S/C9H8N2O/c1-7-5-11-8(6-10-7)9-3-2-4-12-9/h2-6H,1H3/i1D3. The van der Waals surface area contributed by atoms with Crippen molar-refractivity contribution in [3.05, 3.63) is 36.5 Å². The van der Waals surface area contributed by atoms with Crippen LogP contribution < -0.4 is 0 Å². The van der Waals surface area contributed by atoms with E-state index in [9.17, 15) is 0 Å². The monoisotopic (exact) mass is 163 g/mol. The Morgan fingerprint density at radius 1 is 1.42 bits per heavy atom. The fourth-order valence-electron chi connectivity index (χ4n) is 0.880. The van der Waals surface area contributed by atoms with Gasteiger partial charge in [0.15, 0.2) is 5.76 Å². The third-order valence-electron chi connectivity index (χ3n) is 1.43. The molecule has 2 heterocycles. The molecule has 0 N–H and O–H groups in total. The Morgan fingerprint density at radius 2 is 2.42 bits per heavy atom. The highest BCUT2D eigenvalue weighted by Gasteiger charge is 2.00. The van der Waals surface area contributed by atoms with Crippen molar-refractivity contribution in [2.24, 2.45) is 0 Å². The van der Waals surface area contributed by atoms with E-state index in [-0.39, 0.29) is 5.69 Å². The van der Waals surface area contributed by atoms with E-state index >= 15 is 0 Å². The molecule has 12 heavy (non-hydrogen) atoms. The lowest BCUT2D eigenvalue weighted by atomic mass is 10.3. The van der Waals surface area contributed by atoms with E-state index in [1.807, 2.05) is 0 Å². The van der Waals surface area contributed by atoms with Crippen LogP contribution in [0, 0.1) is 6.85 Å². The van der Waals surface area contributed by atoms with Crippen molar-refractivity contribution in [3.8, 4) is 11.5 Å². The highest BCUT2D eigenvalue weighted by atomic mass is 16.3. The van der Waals surface area contributed by atoms with Gasteiger partial charge in [-0.2, -0.15) is 0 Å². The average Bonchev–Trinajstić information content (AvgIpc) is 2.69. The first-order chi connectivity index (χ1) is 7.07. The van der Waals surface area contributed by atoms with Crippen molar-refractivity contribution in [2.45, 2.75) is 6.85 Å². The highest BCUT2D eigenvalue weighted by molar-refractivity contribution is 5.49. The van der Waals surface area contributed by atoms with Gasteiger partial charge in [-0.15, -0.1) is 0 Å². The van der Waals surface area contributed by atoms with Crippen LogP contribution in [-0.2, 0) is 0 Å². The molecule has 0 amide bonds. The lowest BCUT2D eigenvalue weighted by Crippen LogP contribution is -1.85. The maximum absolute atomic E-state index is 7.13. The van der Waals surface area contributed by atoms with Crippen molar-refractivity contribution in [1.82, 2.24) is 9.97 Å². The van der Waals surface area contributed by atoms with E-state index in [1.165, 1.54) is 18.7 Å². The third kappa shape index (κ3) is 1.21. The van der Waals surface area contributed by atoms with Crippen LogP contribution in [0.5, 0.6) is 0 Å². The van der Waals surface area contributed by atoms with Crippen LogP contribution >= 0.6 is 0 Å². The van der Waals surface area contributed by atoms with Crippen molar-refractivity contribution >= 4 is 0 Å². The van der Waals surface area contributed by atoms with Gasteiger partial charge in [-0.05, 0) is 19.0 Å². The van der Waals surface area contributed by atoms with Crippen molar-refractivity contribution in [1.29, 1.82) is 0 Å². The second-order valence-corrected chi connectivity index (χ2v) is 2.26. The van der Waals surface area contributed by atoms with E-state index in [4.69, 9.17) is 8.53 Å². The Labute approximate surface area is 74.3 Å². The fraction of sp³-hybridized carbons (Fsp3) is 0.111. The second-order valence-electron chi connectivity index (χ2n) is 2.26. The topological polar surface area (TPSA) is 38.9 Å². The molecule has 0 bridgehead atoms. The summed E-state index contributed by atoms with van der Waals surface area (Å²) in [5.41, 5.74) is 0.505. The van der Waals surface area contributed by atoms with Crippen LogP contribution in [0.15, 0.2) is 35.2 Å². The summed E-state index contributed by atoms with van der Waals surface area (Å²) in [5.74, 6) is 0.569. The van der Waals surface area contributed by atoms with Gasteiger partial charge in [0.05, 0.1) is 18.2 Å². The van der Waals surface area contributed by atoms with Crippen molar-refractivity contribution in [2.75, 3.05) is 0 Å². The molecular formula is C9H8N2O. The molecule has 0 aliphatic heterocycles. The zero-order chi connectivity index (χ0) is 10.9. The summed E-state index contributed by atoms with van der Waals surface area (Å²) in [6, 6.07) is 3.47. The first-order valence-corrected chi connectivity index (χ1v) is 3.44. The van der Waals surface area contributed by atoms with Gasteiger partial charge in [0.1, 0.15) is 5.69 Å². The normalized spacial score (nSPS) is 14.8. The molecule has 0 aromatic carbocycles. The fourth-order valence-corrected chi connectivity index (χ4v) is 0.880. The number of hydrogen-bond donors (Lipinski definition) is 0. The van der Waals surface area contributed by atoms with Crippen LogP contribution in [-0.4, -0.2) is 9.97 Å². The zero-order valence-corrected chi connectivity index (χ0v) is 6.19. The smallest absolute Gasteiger partial charge is 0.153 e. The number of aryl methyl sites for hydroxylation is 1. The summed E-state index contributed by atoms with van der Waals surface area (Å²) < 4.78 is 26.5. The Bertz CT molecular complexity index is 433. The molecule has 3 heteroatoms. The van der Waals surface area contributed by atoms with Gasteiger partial charge < -0.3 is 4.42 Å². The minimum Gasteiger partial charge on any atom is -0.463 e. The molecule has 2 aromatic heterocycles. The zero-order valence-electron chi connectivity index (χ0n) is 9.19. The number of rotatable bonds is 1. The quantitative estimate of drug-likeness (QED) is 0.645. The van der Waals surface area contributed by atoms with Crippen LogP contribution in [0.3, 0.4) is 0 Å². The van der Waals surface area contributed by atoms with Gasteiger partial charge in [0.2, 0.25) is 0 Å². The lowest BCUT2D eigenvalue weighted by Gasteiger charge is -1.94. The van der Waals surface area contributed by atoms with Crippen LogP contribution in [0.4, 0.5) is 0 Å². The maximum atomic E-state index is 7.13. The SMILES string of the molecule is [2H]C([2H])([2H])c1cnc(-c2ccco2)cn1. The first kappa shape index (κ1) is 4.40. The molecule has 0 aliphatic rings. The highest BCUT2D eigenvalue weighted by Crippen LogP contribution is 2.15. The number of hydrogen-bond acceptors (Lipinski definition) is 3. The van der Waals surface area contributed by atoms with Gasteiger partial charge in [-0.3, -0.25) is 4.98 Å². The molecule has 60 valence electrons. The maximum Gasteiger partial charge on any atom is 0.153 e. The first-order valence-electron chi connectivity index (χ1n) is 4.94. The molecule has 2 aromatic rings. The van der Waals surface area contributed by atoms with Crippen LogP contribution in [0.25, 0.3) is 11.5 Å². The molecule has 0 unspecified atom stereocenters. The summed E-state index contributed by atoms with van der Waals surface area (Å²) >= 11 is 0. The summed E-state index contributed by atoms with van der Waals surface area (Å²) in [7, 11) is 0. The Balaban J connectivity index is 2.33. The predicted molar refractivity (Wildman–Crippen MR) is 44.5 cm³/mol. The second kappa shape index (κ2) is 2.77. The molecule has 0 aliphatic carbocycles. The summed E-state index contributed by atoms with van der Waals surface area (Å²) in [5, 5.41) is 0.